The molecule has 1 saturated carbocycles. The normalized spacial score (nSPS) is 19.0. The fraction of sp³-hybridized carbons (Fsp3) is 0.286. The van der Waals surface area contributed by atoms with E-state index in [1.807, 2.05) is 6.07 Å². The van der Waals surface area contributed by atoms with E-state index in [2.05, 4.69) is 25.0 Å². The summed E-state index contributed by atoms with van der Waals surface area (Å²) in [6.07, 6.45) is 7.75. The maximum Gasteiger partial charge on any atom is 0.263 e. The van der Waals surface area contributed by atoms with E-state index in [1.165, 1.54) is 16.9 Å². The van der Waals surface area contributed by atoms with Crippen molar-refractivity contribution in [3.63, 3.8) is 0 Å². The molecule has 4 heterocycles. The van der Waals surface area contributed by atoms with Crippen molar-refractivity contribution in [2.24, 2.45) is 0 Å². The molecule has 1 aliphatic carbocycles. The third kappa shape index (κ3) is 3.15. The highest BCUT2D eigenvalue weighted by Crippen LogP contribution is 2.46. The molecule has 3 atom stereocenters. The Kier molecular flexibility index (Phi) is 4.51. The van der Waals surface area contributed by atoms with Crippen molar-refractivity contribution in [2.75, 3.05) is 0 Å². The third-order valence-corrected chi connectivity index (χ3v) is 5.80. The Hall–Kier alpha value is -4.00. The van der Waals surface area contributed by atoms with Gasteiger partial charge in [0.1, 0.15) is 28.9 Å². The molecule has 4 aromatic rings. The zero-order valence-electron chi connectivity index (χ0n) is 16.5. The van der Waals surface area contributed by atoms with Crippen molar-refractivity contribution in [2.45, 2.75) is 37.6 Å². The van der Waals surface area contributed by atoms with Crippen molar-refractivity contribution in [3.05, 3.63) is 76.0 Å². The van der Waals surface area contributed by atoms with E-state index < -0.39 is 17.4 Å². The van der Waals surface area contributed by atoms with Crippen molar-refractivity contribution >= 4 is 11.0 Å². The molecule has 9 nitrogen and oxygen atoms in total. The van der Waals surface area contributed by atoms with Gasteiger partial charge >= 0.3 is 0 Å². The van der Waals surface area contributed by atoms with Crippen LogP contribution in [0.15, 0.2) is 41.7 Å². The largest absolute Gasteiger partial charge is 0.310 e. The molecule has 5 rings (SSSR count). The van der Waals surface area contributed by atoms with Crippen molar-refractivity contribution in [1.82, 2.24) is 34.7 Å². The summed E-state index contributed by atoms with van der Waals surface area (Å²) >= 11 is 0. The molecule has 10 heteroatoms. The lowest BCUT2D eigenvalue weighted by molar-refractivity contribution is 0.319. The van der Waals surface area contributed by atoms with Crippen molar-refractivity contribution in [3.8, 4) is 6.07 Å². The fourth-order valence-corrected chi connectivity index (χ4v) is 4.02. The Labute approximate surface area is 175 Å². The van der Waals surface area contributed by atoms with Crippen LogP contribution in [-0.2, 0) is 0 Å². The summed E-state index contributed by atoms with van der Waals surface area (Å²) in [6, 6.07) is 4.58. The SMILES string of the molecule is C[C@H](c1cncc(F)c1)n1nc(C#N)c2c(=O)[nH]c([C@H]3CC[C@@H]3c3ncccn3)nc21. The van der Waals surface area contributed by atoms with Crippen LogP contribution in [0.3, 0.4) is 0 Å². The number of fused-ring (bicyclic) bond motifs is 1. The molecule has 4 aromatic heterocycles. The first kappa shape index (κ1) is 19.0. The number of rotatable bonds is 4. The monoisotopic (exact) mass is 416 g/mol. The van der Waals surface area contributed by atoms with E-state index in [-0.39, 0.29) is 28.6 Å². The lowest BCUT2D eigenvalue weighted by Crippen LogP contribution is -2.28. The van der Waals surface area contributed by atoms with Crippen LogP contribution in [0.2, 0.25) is 0 Å². The molecule has 0 spiro atoms. The summed E-state index contributed by atoms with van der Waals surface area (Å²) in [5.41, 5.74) is 0.387. The molecular formula is C21H17FN8O. The molecule has 0 aromatic carbocycles. The van der Waals surface area contributed by atoms with Crippen LogP contribution in [-0.4, -0.2) is 34.7 Å². The van der Waals surface area contributed by atoms with Crippen LogP contribution >= 0.6 is 0 Å². The van der Waals surface area contributed by atoms with Gasteiger partial charge in [-0.15, -0.1) is 0 Å². The highest BCUT2D eigenvalue weighted by molar-refractivity contribution is 5.80. The van der Waals surface area contributed by atoms with Crippen LogP contribution in [0.1, 0.15) is 60.5 Å². The third-order valence-electron chi connectivity index (χ3n) is 5.80. The van der Waals surface area contributed by atoms with Gasteiger partial charge in [-0.1, -0.05) is 0 Å². The fourth-order valence-electron chi connectivity index (χ4n) is 4.02. The second-order valence-corrected chi connectivity index (χ2v) is 7.56. The number of H-pyrrole nitrogens is 1. The van der Waals surface area contributed by atoms with E-state index in [0.717, 1.165) is 19.0 Å². The quantitative estimate of drug-likeness (QED) is 0.542. The number of pyridine rings is 1. The first-order chi connectivity index (χ1) is 15.1. The van der Waals surface area contributed by atoms with Crippen LogP contribution in [0.4, 0.5) is 4.39 Å². The number of nitrogens with zero attached hydrogens (tertiary/aromatic N) is 7. The summed E-state index contributed by atoms with van der Waals surface area (Å²) in [4.78, 5) is 33.0. The van der Waals surface area contributed by atoms with Crippen molar-refractivity contribution < 1.29 is 4.39 Å². The van der Waals surface area contributed by atoms with Gasteiger partial charge in [-0.05, 0) is 37.5 Å². The second-order valence-electron chi connectivity index (χ2n) is 7.56. The second kappa shape index (κ2) is 7.36. The first-order valence-electron chi connectivity index (χ1n) is 9.86. The van der Waals surface area contributed by atoms with Crippen molar-refractivity contribution in [1.29, 1.82) is 5.26 Å². The summed E-state index contributed by atoms with van der Waals surface area (Å²) in [6.45, 7) is 1.79. The minimum absolute atomic E-state index is 0.0249. The molecule has 1 fully saturated rings. The zero-order chi connectivity index (χ0) is 21.5. The van der Waals surface area contributed by atoms with Crippen LogP contribution in [0.5, 0.6) is 0 Å². The summed E-state index contributed by atoms with van der Waals surface area (Å²) in [5, 5.41) is 13.9. The number of aromatic amines is 1. The molecule has 0 unspecified atom stereocenters. The van der Waals surface area contributed by atoms with Crippen LogP contribution in [0, 0.1) is 17.1 Å². The van der Waals surface area contributed by atoms with E-state index in [0.29, 0.717) is 17.2 Å². The average Bonchev–Trinajstić information content (AvgIpc) is 3.12. The van der Waals surface area contributed by atoms with Crippen LogP contribution in [0.25, 0.3) is 11.0 Å². The Morgan fingerprint density at radius 2 is 2.03 bits per heavy atom. The molecule has 0 aliphatic heterocycles. The molecule has 0 saturated heterocycles. The molecule has 0 amide bonds. The Bertz CT molecular complexity index is 1370. The molecule has 31 heavy (non-hydrogen) atoms. The summed E-state index contributed by atoms with van der Waals surface area (Å²) in [5.74, 6) is 0.759. The van der Waals surface area contributed by atoms with Gasteiger partial charge in [0.15, 0.2) is 11.3 Å². The van der Waals surface area contributed by atoms with Gasteiger partial charge in [0.05, 0.1) is 12.2 Å². The van der Waals surface area contributed by atoms with Gasteiger partial charge in [-0.25, -0.2) is 24.0 Å². The predicted octanol–water partition coefficient (Wildman–Crippen LogP) is 2.59. The van der Waals surface area contributed by atoms with E-state index in [9.17, 15) is 14.4 Å². The predicted molar refractivity (Wildman–Crippen MR) is 108 cm³/mol. The number of aromatic nitrogens is 7. The number of hydrogen-bond donors (Lipinski definition) is 1. The minimum atomic E-state index is -0.482. The van der Waals surface area contributed by atoms with Crippen LogP contribution < -0.4 is 5.56 Å². The number of halogens is 1. The number of nitrogens with one attached hydrogen (secondary N) is 1. The highest BCUT2D eigenvalue weighted by Gasteiger charge is 2.37. The number of hydrogen-bond acceptors (Lipinski definition) is 7. The molecule has 1 aliphatic rings. The summed E-state index contributed by atoms with van der Waals surface area (Å²) in [7, 11) is 0. The Balaban J connectivity index is 1.62. The standard InChI is InChI=1S/C21H17FN8O/c1-11(12-7-13(22)10-24-9-12)30-20-17(16(8-23)29-30)21(31)28-19(27-20)15-4-3-14(15)18-25-5-2-6-26-18/h2,5-7,9-11,14-15H,3-4H2,1H3,(H,27,28,31)/t11-,14+,15+/m1/s1. The topological polar surface area (TPSA) is 126 Å². The maximum absolute atomic E-state index is 13.7. The van der Waals surface area contributed by atoms with Gasteiger partial charge in [0.25, 0.3) is 5.56 Å². The van der Waals surface area contributed by atoms with E-state index in [4.69, 9.17) is 4.98 Å². The van der Waals surface area contributed by atoms with Gasteiger partial charge in [-0.3, -0.25) is 9.78 Å². The number of nitriles is 1. The maximum atomic E-state index is 13.7. The highest BCUT2D eigenvalue weighted by atomic mass is 19.1. The molecule has 1 N–H and O–H groups in total. The minimum Gasteiger partial charge on any atom is -0.310 e. The lowest BCUT2D eigenvalue weighted by atomic mass is 9.72. The van der Waals surface area contributed by atoms with Gasteiger partial charge in [0.2, 0.25) is 0 Å². The molecule has 0 radical (unpaired) electrons. The molecule has 154 valence electrons. The van der Waals surface area contributed by atoms with E-state index in [1.54, 1.807) is 25.4 Å². The molecular weight excluding hydrogens is 399 g/mol. The van der Waals surface area contributed by atoms with E-state index >= 15 is 0 Å². The Morgan fingerprint density at radius 3 is 2.71 bits per heavy atom. The zero-order valence-corrected chi connectivity index (χ0v) is 16.5. The van der Waals surface area contributed by atoms with Gasteiger partial charge in [0, 0.05) is 30.4 Å². The molecule has 0 bridgehead atoms. The summed E-state index contributed by atoms with van der Waals surface area (Å²) < 4.78 is 15.2. The van der Waals surface area contributed by atoms with Gasteiger partial charge in [-0.2, -0.15) is 10.4 Å². The first-order valence-corrected chi connectivity index (χ1v) is 9.86. The lowest BCUT2D eigenvalue weighted by Gasteiger charge is -2.34. The van der Waals surface area contributed by atoms with Gasteiger partial charge < -0.3 is 4.98 Å². The smallest absolute Gasteiger partial charge is 0.263 e. The Morgan fingerprint density at radius 1 is 1.26 bits per heavy atom. The average molecular weight is 416 g/mol.